The van der Waals surface area contributed by atoms with Gasteiger partial charge in [0.25, 0.3) is 0 Å². The van der Waals surface area contributed by atoms with Crippen molar-refractivity contribution >= 4 is 29.6 Å². The molecular weight excluding hydrogens is 536 g/mol. The molecule has 0 bridgehead atoms. The predicted octanol–water partition coefficient (Wildman–Crippen LogP) is 3.72. The number of nitrogens with zero attached hydrogens (tertiary/aromatic N) is 1. The number of nitrogens with one attached hydrogen (secondary N) is 3. The summed E-state index contributed by atoms with van der Waals surface area (Å²) in [6.45, 7) is 3.00. The summed E-state index contributed by atoms with van der Waals surface area (Å²) in [4.78, 5) is 63.1. The van der Waals surface area contributed by atoms with Crippen molar-refractivity contribution in [3.05, 3.63) is 35.9 Å². The maximum atomic E-state index is 12.9. The SMILES string of the molecule is CCCCCCCCCCCC(=O)NCCC(=O)NCCC(=O)N1CCC[C@H]1C(=O)N[C@@H](Cc1ccccc1)C(=O)O. The topological polar surface area (TPSA) is 145 Å². The summed E-state index contributed by atoms with van der Waals surface area (Å²) >= 11 is 0. The van der Waals surface area contributed by atoms with E-state index in [0.717, 1.165) is 24.8 Å². The van der Waals surface area contributed by atoms with Crippen molar-refractivity contribution in [1.29, 1.82) is 0 Å². The fraction of sp³-hybridized carbons (Fsp3) is 0.656. The second-order valence-electron chi connectivity index (χ2n) is 11.1. The van der Waals surface area contributed by atoms with Crippen LogP contribution in [0.3, 0.4) is 0 Å². The molecule has 42 heavy (non-hydrogen) atoms. The van der Waals surface area contributed by atoms with Gasteiger partial charge < -0.3 is 26.0 Å². The molecule has 1 aromatic rings. The van der Waals surface area contributed by atoms with E-state index >= 15 is 0 Å². The number of carboxylic acid groups (broad SMARTS) is 1. The van der Waals surface area contributed by atoms with Crippen LogP contribution in [0.5, 0.6) is 0 Å². The van der Waals surface area contributed by atoms with Gasteiger partial charge in [0.1, 0.15) is 12.1 Å². The molecule has 234 valence electrons. The molecule has 1 fully saturated rings. The maximum Gasteiger partial charge on any atom is 0.326 e. The Kier molecular flexibility index (Phi) is 16.9. The average Bonchev–Trinajstić information content (AvgIpc) is 3.47. The predicted molar refractivity (Wildman–Crippen MR) is 162 cm³/mol. The lowest BCUT2D eigenvalue weighted by molar-refractivity contribution is -0.143. The highest BCUT2D eigenvalue weighted by Crippen LogP contribution is 2.19. The van der Waals surface area contributed by atoms with E-state index in [9.17, 15) is 29.1 Å². The number of carbonyl (C=O) groups excluding carboxylic acids is 4. The number of carbonyl (C=O) groups is 5. The number of carboxylic acids is 1. The Hall–Kier alpha value is -3.43. The summed E-state index contributed by atoms with van der Waals surface area (Å²) in [7, 11) is 0. The number of aliphatic carboxylic acids is 1. The summed E-state index contributed by atoms with van der Waals surface area (Å²) in [5, 5.41) is 17.7. The highest BCUT2D eigenvalue weighted by molar-refractivity contribution is 5.91. The molecule has 1 aromatic carbocycles. The van der Waals surface area contributed by atoms with Gasteiger partial charge in [-0.25, -0.2) is 4.79 Å². The number of likely N-dealkylation sites (tertiary alicyclic amines) is 1. The highest BCUT2D eigenvalue weighted by atomic mass is 16.4. The number of amides is 4. The van der Waals surface area contributed by atoms with Crippen molar-refractivity contribution < 1.29 is 29.1 Å². The summed E-state index contributed by atoms with van der Waals surface area (Å²) in [5.41, 5.74) is 0.790. The van der Waals surface area contributed by atoms with Crippen LogP contribution >= 0.6 is 0 Å². The molecule has 0 radical (unpaired) electrons. The molecule has 10 heteroatoms. The van der Waals surface area contributed by atoms with Gasteiger partial charge in [-0.3, -0.25) is 19.2 Å². The van der Waals surface area contributed by atoms with Gasteiger partial charge in [0.05, 0.1) is 0 Å². The first-order valence-corrected chi connectivity index (χ1v) is 15.7. The van der Waals surface area contributed by atoms with Crippen LogP contribution in [0.15, 0.2) is 30.3 Å². The van der Waals surface area contributed by atoms with Crippen molar-refractivity contribution in [1.82, 2.24) is 20.9 Å². The Balaban J connectivity index is 1.60. The zero-order valence-corrected chi connectivity index (χ0v) is 25.2. The number of benzene rings is 1. The van der Waals surface area contributed by atoms with Crippen LogP contribution in [0, 0.1) is 0 Å². The number of rotatable bonds is 21. The van der Waals surface area contributed by atoms with Crippen molar-refractivity contribution in [2.45, 2.75) is 115 Å². The Morgan fingerprint density at radius 1 is 0.833 bits per heavy atom. The van der Waals surface area contributed by atoms with Crippen LogP contribution < -0.4 is 16.0 Å². The van der Waals surface area contributed by atoms with Gasteiger partial charge in [0.15, 0.2) is 0 Å². The van der Waals surface area contributed by atoms with Gasteiger partial charge in [-0.2, -0.15) is 0 Å². The third kappa shape index (κ3) is 14.0. The van der Waals surface area contributed by atoms with E-state index in [0.29, 0.717) is 25.8 Å². The van der Waals surface area contributed by atoms with E-state index in [1.165, 1.54) is 43.4 Å². The largest absolute Gasteiger partial charge is 0.480 e. The minimum absolute atomic E-state index is 0.0346. The first-order valence-electron chi connectivity index (χ1n) is 15.7. The maximum absolute atomic E-state index is 12.9. The molecule has 4 N–H and O–H groups in total. The van der Waals surface area contributed by atoms with Crippen LogP contribution in [0.1, 0.15) is 102 Å². The van der Waals surface area contributed by atoms with Crippen LogP contribution in [-0.4, -0.2) is 71.3 Å². The molecule has 4 amide bonds. The highest BCUT2D eigenvalue weighted by Gasteiger charge is 2.35. The summed E-state index contributed by atoms with van der Waals surface area (Å²) in [5.74, 6) is -2.19. The average molecular weight is 587 g/mol. The van der Waals surface area contributed by atoms with Crippen molar-refractivity contribution in [3.63, 3.8) is 0 Å². The van der Waals surface area contributed by atoms with Gasteiger partial charge in [-0.05, 0) is 24.8 Å². The third-order valence-electron chi connectivity index (χ3n) is 7.62. The van der Waals surface area contributed by atoms with E-state index < -0.39 is 24.0 Å². The standard InChI is InChI=1S/C32H50N4O6/c1-2-3-4-5-6-7-8-9-13-18-28(37)33-21-19-29(38)34-22-20-30(39)36-23-14-17-27(36)31(40)35-26(32(41)42)24-25-15-11-10-12-16-25/h10-12,15-16,26-27H,2-9,13-14,17-24H2,1H3,(H,33,37)(H,34,38)(H,35,40)(H,41,42)/t26-,27-/m0/s1. The molecule has 0 aliphatic carbocycles. The first-order chi connectivity index (χ1) is 20.3. The molecule has 1 saturated heterocycles. The van der Waals surface area contributed by atoms with E-state index in [1.54, 1.807) is 12.1 Å². The molecule has 2 atom stereocenters. The lowest BCUT2D eigenvalue weighted by atomic mass is 10.1. The molecule has 0 unspecified atom stereocenters. The minimum Gasteiger partial charge on any atom is -0.480 e. The lowest BCUT2D eigenvalue weighted by Crippen LogP contribution is -2.51. The molecular formula is C32H50N4O6. The second-order valence-corrected chi connectivity index (χ2v) is 11.1. The van der Waals surface area contributed by atoms with Gasteiger partial charge in [0, 0.05) is 45.3 Å². The van der Waals surface area contributed by atoms with E-state index in [1.807, 2.05) is 18.2 Å². The molecule has 0 saturated carbocycles. The summed E-state index contributed by atoms with van der Waals surface area (Å²) in [6.07, 6.45) is 12.6. The molecule has 1 aliphatic rings. The Morgan fingerprint density at radius 3 is 2.07 bits per heavy atom. The van der Waals surface area contributed by atoms with Gasteiger partial charge >= 0.3 is 5.97 Å². The molecule has 2 rings (SSSR count). The first kappa shape index (κ1) is 34.8. The molecule has 10 nitrogen and oxygen atoms in total. The fourth-order valence-electron chi connectivity index (χ4n) is 5.20. The van der Waals surface area contributed by atoms with E-state index in [2.05, 4.69) is 22.9 Å². The Labute approximate surface area is 250 Å². The number of unbranched alkanes of at least 4 members (excludes halogenated alkanes) is 8. The lowest BCUT2D eigenvalue weighted by Gasteiger charge is -2.25. The molecule has 0 aromatic heterocycles. The summed E-state index contributed by atoms with van der Waals surface area (Å²) < 4.78 is 0. The van der Waals surface area contributed by atoms with E-state index in [4.69, 9.17) is 0 Å². The number of hydrogen-bond acceptors (Lipinski definition) is 5. The summed E-state index contributed by atoms with van der Waals surface area (Å²) in [6, 6.07) is 7.22. The normalized spacial score (nSPS) is 15.2. The van der Waals surface area contributed by atoms with E-state index in [-0.39, 0.29) is 50.1 Å². The third-order valence-corrected chi connectivity index (χ3v) is 7.62. The zero-order valence-electron chi connectivity index (χ0n) is 25.2. The van der Waals surface area contributed by atoms with Crippen molar-refractivity contribution in [3.8, 4) is 0 Å². The van der Waals surface area contributed by atoms with Gasteiger partial charge in [0.2, 0.25) is 23.6 Å². The van der Waals surface area contributed by atoms with Gasteiger partial charge in [-0.15, -0.1) is 0 Å². The molecule has 1 aliphatic heterocycles. The van der Waals surface area contributed by atoms with Gasteiger partial charge in [-0.1, -0.05) is 88.6 Å². The second kappa shape index (κ2) is 20.4. The van der Waals surface area contributed by atoms with Crippen LogP contribution in [0.4, 0.5) is 0 Å². The van der Waals surface area contributed by atoms with Crippen molar-refractivity contribution in [2.75, 3.05) is 19.6 Å². The molecule has 0 spiro atoms. The molecule has 1 heterocycles. The Morgan fingerprint density at radius 2 is 1.43 bits per heavy atom. The quantitative estimate of drug-likeness (QED) is 0.162. The van der Waals surface area contributed by atoms with Crippen LogP contribution in [-0.2, 0) is 30.4 Å². The van der Waals surface area contributed by atoms with Crippen LogP contribution in [0.2, 0.25) is 0 Å². The van der Waals surface area contributed by atoms with Crippen LogP contribution in [0.25, 0.3) is 0 Å². The minimum atomic E-state index is -1.13. The number of hydrogen-bond donors (Lipinski definition) is 4. The monoisotopic (exact) mass is 586 g/mol. The zero-order chi connectivity index (χ0) is 30.6. The Bertz CT molecular complexity index is 986. The fourth-order valence-corrected chi connectivity index (χ4v) is 5.20. The smallest absolute Gasteiger partial charge is 0.326 e. The van der Waals surface area contributed by atoms with Crippen molar-refractivity contribution in [2.24, 2.45) is 0 Å².